The van der Waals surface area contributed by atoms with Crippen LogP contribution in [0.4, 0.5) is 8.78 Å². The number of ether oxygens (including phenoxy) is 3. The number of hydrogen-bond donors (Lipinski definition) is 1. The number of amides is 1. The predicted octanol–water partition coefficient (Wildman–Crippen LogP) is 2.65. The van der Waals surface area contributed by atoms with E-state index < -0.39 is 24.1 Å². The summed E-state index contributed by atoms with van der Waals surface area (Å²) in [6.45, 7) is -0.133. The highest BCUT2D eigenvalue weighted by Gasteiger charge is 2.14. The number of benzene rings is 2. The number of rotatable bonds is 9. The number of hydrogen-bond acceptors (Lipinski definition) is 7. The van der Waals surface area contributed by atoms with Crippen LogP contribution in [-0.2, 0) is 4.79 Å². The van der Waals surface area contributed by atoms with Crippen LogP contribution in [0.1, 0.15) is 0 Å². The lowest BCUT2D eigenvalue weighted by atomic mass is 10.2. The van der Waals surface area contributed by atoms with Crippen LogP contribution in [0, 0.1) is 11.6 Å². The first-order valence-corrected chi connectivity index (χ1v) is 9.88. The number of fused-ring (bicyclic) bond motifs is 1. The maximum atomic E-state index is 13.5. The van der Waals surface area contributed by atoms with Gasteiger partial charge in [0.05, 0.1) is 19.2 Å². The van der Waals surface area contributed by atoms with Crippen LogP contribution in [0.25, 0.3) is 17.0 Å². The summed E-state index contributed by atoms with van der Waals surface area (Å²) in [7, 11) is 1.57. The van der Waals surface area contributed by atoms with Crippen LogP contribution in [0.2, 0.25) is 0 Å². The van der Waals surface area contributed by atoms with E-state index in [1.165, 1.54) is 4.52 Å². The van der Waals surface area contributed by atoms with Gasteiger partial charge in [0.25, 0.3) is 5.91 Å². The van der Waals surface area contributed by atoms with Crippen molar-refractivity contribution in [1.29, 1.82) is 0 Å². The monoisotopic (exact) mass is 455 g/mol. The first kappa shape index (κ1) is 21.9. The van der Waals surface area contributed by atoms with E-state index in [1.54, 1.807) is 19.2 Å². The molecule has 0 saturated heterocycles. The number of carbonyl (C=O) groups excluding carboxylic acids is 1. The number of aromatic nitrogens is 4. The third-order valence-corrected chi connectivity index (χ3v) is 4.51. The molecule has 33 heavy (non-hydrogen) atoms. The van der Waals surface area contributed by atoms with Gasteiger partial charge in [-0.3, -0.25) is 4.79 Å². The van der Waals surface area contributed by atoms with Crippen LogP contribution < -0.4 is 19.5 Å². The number of para-hydroxylation sites is 1. The molecule has 0 aliphatic carbocycles. The summed E-state index contributed by atoms with van der Waals surface area (Å²) >= 11 is 0. The molecule has 0 bridgehead atoms. The molecule has 0 fully saturated rings. The highest BCUT2D eigenvalue weighted by molar-refractivity contribution is 5.77. The van der Waals surface area contributed by atoms with Gasteiger partial charge >= 0.3 is 0 Å². The van der Waals surface area contributed by atoms with Crippen molar-refractivity contribution in [2.45, 2.75) is 0 Å². The summed E-state index contributed by atoms with van der Waals surface area (Å²) in [5, 5.41) is 15.3. The zero-order valence-electron chi connectivity index (χ0n) is 17.5. The highest BCUT2D eigenvalue weighted by Crippen LogP contribution is 2.28. The third kappa shape index (κ3) is 5.14. The van der Waals surface area contributed by atoms with Gasteiger partial charge in [-0.1, -0.05) is 12.1 Å². The van der Waals surface area contributed by atoms with Crippen molar-refractivity contribution in [3.05, 3.63) is 66.2 Å². The SMILES string of the molecule is COc1ccccc1-c1nnc2ccc(OCCNC(=O)COc3ccc(F)cc3F)nn12. The Hall–Kier alpha value is -4.28. The standard InChI is InChI=1S/C22H19F2N5O4/c1-31-17-5-3-2-4-15(17)22-27-26-19-8-9-21(28-29(19)22)32-11-10-25-20(30)13-33-18-7-6-14(23)12-16(18)24/h2-9,12H,10-11,13H2,1H3,(H,25,30). The number of methoxy groups -OCH3 is 1. The molecular weight excluding hydrogens is 436 g/mol. The lowest BCUT2D eigenvalue weighted by molar-refractivity contribution is -0.123. The van der Waals surface area contributed by atoms with Gasteiger partial charge < -0.3 is 19.5 Å². The van der Waals surface area contributed by atoms with E-state index in [1.807, 2.05) is 24.3 Å². The molecule has 0 unspecified atom stereocenters. The van der Waals surface area contributed by atoms with Crippen molar-refractivity contribution in [3.8, 4) is 28.8 Å². The first-order chi connectivity index (χ1) is 16.0. The Labute approximate surface area is 186 Å². The lowest BCUT2D eigenvalue weighted by Gasteiger charge is -2.09. The molecule has 0 atom stereocenters. The number of nitrogens with zero attached hydrogens (tertiary/aromatic N) is 4. The average molecular weight is 455 g/mol. The molecule has 0 saturated carbocycles. The van der Waals surface area contributed by atoms with Gasteiger partial charge in [-0.25, -0.2) is 8.78 Å². The molecule has 0 radical (unpaired) electrons. The van der Waals surface area contributed by atoms with E-state index in [2.05, 4.69) is 20.6 Å². The van der Waals surface area contributed by atoms with Gasteiger partial charge in [0.15, 0.2) is 29.6 Å². The maximum Gasteiger partial charge on any atom is 0.258 e. The smallest absolute Gasteiger partial charge is 0.258 e. The molecule has 0 spiro atoms. The van der Waals surface area contributed by atoms with E-state index in [-0.39, 0.29) is 18.9 Å². The molecule has 0 aliphatic heterocycles. The summed E-state index contributed by atoms with van der Waals surface area (Å²) in [6.07, 6.45) is 0. The van der Waals surface area contributed by atoms with Gasteiger partial charge in [-0.2, -0.15) is 4.52 Å². The largest absolute Gasteiger partial charge is 0.496 e. The van der Waals surface area contributed by atoms with Crippen molar-refractivity contribution in [1.82, 2.24) is 25.1 Å². The van der Waals surface area contributed by atoms with Crippen LogP contribution in [0.3, 0.4) is 0 Å². The number of nitrogens with one attached hydrogen (secondary N) is 1. The molecule has 1 N–H and O–H groups in total. The minimum Gasteiger partial charge on any atom is -0.496 e. The zero-order valence-corrected chi connectivity index (χ0v) is 17.5. The van der Waals surface area contributed by atoms with E-state index in [0.717, 1.165) is 17.7 Å². The predicted molar refractivity (Wildman–Crippen MR) is 113 cm³/mol. The maximum absolute atomic E-state index is 13.5. The molecule has 9 nitrogen and oxygen atoms in total. The van der Waals surface area contributed by atoms with Gasteiger partial charge in [0, 0.05) is 12.1 Å². The highest BCUT2D eigenvalue weighted by atomic mass is 19.1. The molecule has 11 heteroatoms. The Bertz CT molecular complexity index is 1280. The lowest BCUT2D eigenvalue weighted by Crippen LogP contribution is -2.32. The van der Waals surface area contributed by atoms with E-state index in [9.17, 15) is 13.6 Å². The minimum atomic E-state index is -0.880. The van der Waals surface area contributed by atoms with E-state index in [0.29, 0.717) is 29.2 Å². The molecule has 4 aromatic rings. The topological polar surface area (TPSA) is 99.9 Å². The fourth-order valence-electron chi connectivity index (χ4n) is 2.98. The van der Waals surface area contributed by atoms with E-state index >= 15 is 0 Å². The summed E-state index contributed by atoms with van der Waals surface area (Å²) in [4.78, 5) is 11.9. The van der Waals surface area contributed by atoms with Crippen molar-refractivity contribution in [2.24, 2.45) is 0 Å². The first-order valence-electron chi connectivity index (χ1n) is 9.88. The Kier molecular flexibility index (Phi) is 6.58. The Morgan fingerprint density at radius 3 is 2.70 bits per heavy atom. The fraction of sp³-hybridized carbons (Fsp3) is 0.182. The zero-order chi connectivity index (χ0) is 23.2. The van der Waals surface area contributed by atoms with Gasteiger partial charge in [-0.05, 0) is 30.3 Å². The van der Waals surface area contributed by atoms with Gasteiger partial charge in [0.2, 0.25) is 5.88 Å². The summed E-state index contributed by atoms with van der Waals surface area (Å²) < 4.78 is 44.0. The van der Waals surface area contributed by atoms with Crippen LogP contribution in [-0.4, -0.2) is 52.6 Å². The minimum absolute atomic E-state index is 0.126. The number of halogens is 2. The molecular formula is C22H19F2N5O4. The van der Waals surface area contributed by atoms with Crippen molar-refractivity contribution >= 4 is 11.6 Å². The molecule has 2 heterocycles. The van der Waals surface area contributed by atoms with E-state index in [4.69, 9.17) is 14.2 Å². The normalized spacial score (nSPS) is 10.8. The molecule has 0 aliphatic rings. The van der Waals surface area contributed by atoms with Gasteiger partial charge in [0.1, 0.15) is 18.2 Å². The Balaban J connectivity index is 1.32. The quantitative estimate of drug-likeness (QED) is 0.387. The second kappa shape index (κ2) is 9.90. The average Bonchev–Trinajstić information content (AvgIpc) is 3.24. The van der Waals surface area contributed by atoms with Crippen molar-refractivity contribution in [2.75, 3.05) is 26.9 Å². The summed E-state index contributed by atoms with van der Waals surface area (Å²) in [5.41, 5.74) is 1.25. The van der Waals surface area contributed by atoms with Gasteiger partial charge in [-0.15, -0.1) is 15.3 Å². The summed E-state index contributed by atoms with van der Waals surface area (Å²) in [5.74, 6) is -0.874. The third-order valence-electron chi connectivity index (χ3n) is 4.51. The van der Waals surface area contributed by atoms with Crippen LogP contribution in [0.5, 0.6) is 17.4 Å². The number of carbonyl (C=O) groups is 1. The molecule has 170 valence electrons. The Morgan fingerprint density at radius 2 is 1.88 bits per heavy atom. The molecule has 2 aromatic heterocycles. The fourth-order valence-corrected chi connectivity index (χ4v) is 2.98. The second-order valence-electron chi connectivity index (χ2n) is 6.73. The summed E-state index contributed by atoms with van der Waals surface area (Å²) in [6, 6.07) is 13.6. The Morgan fingerprint density at radius 1 is 1.03 bits per heavy atom. The van der Waals surface area contributed by atoms with Crippen molar-refractivity contribution in [3.63, 3.8) is 0 Å². The molecule has 1 amide bonds. The molecule has 4 rings (SSSR count). The second-order valence-corrected chi connectivity index (χ2v) is 6.73. The van der Waals surface area contributed by atoms with Crippen LogP contribution in [0.15, 0.2) is 54.6 Å². The van der Waals surface area contributed by atoms with Crippen molar-refractivity contribution < 1.29 is 27.8 Å². The van der Waals surface area contributed by atoms with Crippen LogP contribution >= 0.6 is 0 Å². The molecule has 2 aromatic carbocycles.